The molecule has 0 aliphatic rings. The summed E-state index contributed by atoms with van der Waals surface area (Å²) in [6, 6.07) is -0.184. The first kappa shape index (κ1) is 13.0. The molecule has 92 valence electrons. The first-order valence-corrected chi connectivity index (χ1v) is 4.94. The highest BCUT2D eigenvalue weighted by Crippen LogP contribution is 2.22. The van der Waals surface area contributed by atoms with Crippen LogP contribution in [0.25, 0.3) is 0 Å². The van der Waals surface area contributed by atoms with Gasteiger partial charge in [-0.05, 0) is 6.92 Å². The van der Waals surface area contributed by atoms with E-state index in [1.54, 1.807) is 13.8 Å². The highest BCUT2D eigenvalue weighted by atomic mass is 19.4. The maximum absolute atomic E-state index is 11.9. The minimum absolute atomic E-state index is 0.0693. The van der Waals surface area contributed by atoms with Crippen molar-refractivity contribution in [1.82, 2.24) is 10.1 Å². The topological polar surface area (TPSA) is 64.9 Å². The van der Waals surface area contributed by atoms with Gasteiger partial charge >= 0.3 is 6.18 Å². The maximum Gasteiger partial charge on any atom is 0.389 e. The molecule has 0 radical (unpaired) electrons. The van der Waals surface area contributed by atoms with Crippen LogP contribution in [0, 0.1) is 0 Å². The zero-order chi connectivity index (χ0) is 12.3. The summed E-state index contributed by atoms with van der Waals surface area (Å²) < 4.78 is 40.6. The van der Waals surface area contributed by atoms with E-state index in [2.05, 4.69) is 10.1 Å². The zero-order valence-electron chi connectivity index (χ0n) is 9.08. The normalized spacial score (nSPS) is 16.1. The van der Waals surface area contributed by atoms with Gasteiger partial charge in [-0.25, -0.2) is 0 Å². The molecule has 1 aromatic heterocycles. The van der Waals surface area contributed by atoms with E-state index >= 15 is 0 Å². The lowest BCUT2D eigenvalue weighted by molar-refractivity contribution is -0.134. The van der Waals surface area contributed by atoms with E-state index in [0.29, 0.717) is 0 Å². The summed E-state index contributed by atoms with van der Waals surface area (Å²) in [6.07, 6.45) is -5.41. The number of halogens is 3. The molecule has 1 heterocycles. The lowest BCUT2D eigenvalue weighted by atomic mass is 10.1. The van der Waals surface area contributed by atoms with Crippen LogP contribution in [-0.4, -0.2) is 22.4 Å². The van der Waals surface area contributed by atoms with Crippen LogP contribution in [0.2, 0.25) is 0 Å². The molecule has 0 saturated carbocycles. The van der Waals surface area contributed by atoms with Crippen molar-refractivity contribution in [2.24, 2.45) is 5.73 Å². The number of aryl methyl sites for hydroxylation is 1. The van der Waals surface area contributed by atoms with E-state index in [9.17, 15) is 13.2 Å². The number of alkyl halides is 3. The van der Waals surface area contributed by atoms with E-state index in [-0.39, 0.29) is 30.1 Å². The van der Waals surface area contributed by atoms with Gasteiger partial charge in [0.25, 0.3) is 0 Å². The Morgan fingerprint density at radius 2 is 2.00 bits per heavy atom. The first-order valence-electron chi connectivity index (χ1n) is 4.94. The molecule has 0 amide bonds. The molecular formula is C9H14F3N3O. The molecule has 0 fully saturated rings. The van der Waals surface area contributed by atoms with Crippen molar-refractivity contribution in [3.8, 4) is 0 Å². The second kappa shape index (κ2) is 4.82. The molecule has 1 rings (SSSR count). The molecule has 4 nitrogen and oxygen atoms in total. The molecule has 7 heteroatoms. The van der Waals surface area contributed by atoms with Gasteiger partial charge in [-0.15, -0.1) is 0 Å². The van der Waals surface area contributed by atoms with Crippen molar-refractivity contribution in [3.05, 3.63) is 11.7 Å². The van der Waals surface area contributed by atoms with Gasteiger partial charge in [0.2, 0.25) is 5.89 Å². The third kappa shape index (κ3) is 3.80. The Morgan fingerprint density at radius 3 is 2.50 bits per heavy atom. The van der Waals surface area contributed by atoms with E-state index in [4.69, 9.17) is 10.3 Å². The molecule has 2 N–H and O–H groups in total. The summed E-state index contributed by atoms with van der Waals surface area (Å²) in [5.74, 6) is 0.194. The summed E-state index contributed by atoms with van der Waals surface area (Å²) in [5, 5.41) is 3.48. The molecule has 0 saturated heterocycles. The third-order valence-electron chi connectivity index (χ3n) is 2.29. The number of nitrogens with two attached hydrogens (primary N) is 1. The molecule has 0 bridgehead atoms. The van der Waals surface area contributed by atoms with Gasteiger partial charge in [0.15, 0.2) is 5.82 Å². The number of hydrogen-bond donors (Lipinski definition) is 1. The van der Waals surface area contributed by atoms with Crippen molar-refractivity contribution in [1.29, 1.82) is 0 Å². The van der Waals surface area contributed by atoms with Crippen LogP contribution < -0.4 is 5.73 Å². The number of nitrogens with zero attached hydrogens (tertiary/aromatic N) is 2. The quantitative estimate of drug-likeness (QED) is 0.870. The molecule has 0 aliphatic heterocycles. The van der Waals surface area contributed by atoms with E-state index in [0.717, 1.165) is 0 Å². The van der Waals surface area contributed by atoms with Gasteiger partial charge in [0.05, 0.1) is 12.3 Å². The van der Waals surface area contributed by atoms with Crippen LogP contribution in [0.5, 0.6) is 0 Å². The van der Waals surface area contributed by atoms with Crippen LogP contribution in [0.15, 0.2) is 4.52 Å². The van der Waals surface area contributed by atoms with Gasteiger partial charge < -0.3 is 10.3 Å². The molecule has 2 atom stereocenters. The molecule has 16 heavy (non-hydrogen) atoms. The molecule has 0 aliphatic carbocycles. The Kier molecular flexibility index (Phi) is 3.90. The number of rotatable bonds is 4. The van der Waals surface area contributed by atoms with Gasteiger partial charge in [-0.1, -0.05) is 12.1 Å². The first-order chi connectivity index (χ1) is 7.29. The van der Waals surface area contributed by atoms with E-state index in [1.807, 2.05) is 0 Å². The Morgan fingerprint density at radius 1 is 1.38 bits per heavy atom. The number of hydrogen-bond acceptors (Lipinski definition) is 4. The molecule has 2 unspecified atom stereocenters. The minimum Gasteiger partial charge on any atom is -0.339 e. The predicted molar refractivity (Wildman–Crippen MR) is 50.7 cm³/mol. The summed E-state index contributed by atoms with van der Waals surface area (Å²) in [6.45, 7) is 3.55. The highest BCUT2D eigenvalue weighted by Gasteiger charge is 2.28. The van der Waals surface area contributed by atoms with E-state index < -0.39 is 12.6 Å². The number of aromatic nitrogens is 2. The van der Waals surface area contributed by atoms with Gasteiger partial charge in [-0.3, -0.25) is 0 Å². The van der Waals surface area contributed by atoms with Crippen LogP contribution in [0.3, 0.4) is 0 Å². The van der Waals surface area contributed by atoms with Crippen molar-refractivity contribution in [2.75, 3.05) is 0 Å². The van der Waals surface area contributed by atoms with Crippen LogP contribution in [0.1, 0.15) is 37.9 Å². The Hall–Kier alpha value is -1.11. The van der Waals surface area contributed by atoms with Gasteiger partial charge in [0.1, 0.15) is 0 Å². The average Bonchev–Trinajstić information content (AvgIpc) is 2.60. The van der Waals surface area contributed by atoms with Crippen molar-refractivity contribution in [3.63, 3.8) is 0 Å². The fourth-order valence-electron chi connectivity index (χ4n) is 1.03. The third-order valence-corrected chi connectivity index (χ3v) is 2.29. The predicted octanol–water partition coefficient (Wildman–Crippen LogP) is 2.02. The summed E-state index contributed by atoms with van der Waals surface area (Å²) in [5.41, 5.74) is 5.61. The average molecular weight is 237 g/mol. The van der Waals surface area contributed by atoms with Crippen molar-refractivity contribution in [2.45, 2.75) is 44.8 Å². The summed E-state index contributed by atoms with van der Waals surface area (Å²) in [4.78, 5) is 3.88. The maximum atomic E-state index is 11.9. The second-order valence-electron chi connectivity index (χ2n) is 3.81. The minimum atomic E-state index is -4.20. The zero-order valence-corrected chi connectivity index (χ0v) is 9.08. The highest BCUT2D eigenvalue weighted by molar-refractivity contribution is 4.95. The SMILES string of the molecule is CC(N)C(C)c1nc(CCC(F)(F)F)no1. The Balaban J connectivity index is 2.58. The van der Waals surface area contributed by atoms with Crippen LogP contribution >= 0.6 is 0 Å². The van der Waals surface area contributed by atoms with Crippen LogP contribution in [-0.2, 0) is 6.42 Å². The second-order valence-corrected chi connectivity index (χ2v) is 3.81. The molecule has 1 aromatic rings. The van der Waals surface area contributed by atoms with Gasteiger partial charge in [0, 0.05) is 12.5 Å². The lowest BCUT2D eigenvalue weighted by Gasteiger charge is -2.09. The fourth-order valence-corrected chi connectivity index (χ4v) is 1.03. The smallest absolute Gasteiger partial charge is 0.339 e. The fraction of sp³-hybridized carbons (Fsp3) is 0.778. The molecule has 0 spiro atoms. The Bertz CT molecular complexity index is 335. The summed E-state index contributed by atoms with van der Waals surface area (Å²) >= 11 is 0. The molecular weight excluding hydrogens is 223 g/mol. The van der Waals surface area contributed by atoms with Crippen LogP contribution in [0.4, 0.5) is 13.2 Å². The Labute approximate surface area is 91.0 Å². The van der Waals surface area contributed by atoms with Gasteiger partial charge in [-0.2, -0.15) is 18.2 Å². The molecule has 0 aromatic carbocycles. The van der Waals surface area contributed by atoms with Crippen molar-refractivity contribution >= 4 is 0 Å². The largest absolute Gasteiger partial charge is 0.389 e. The van der Waals surface area contributed by atoms with E-state index in [1.165, 1.54) is 0 Å². The monoisotopic (exact) mass is 237 g/mol. The lowest BCUT2D eigenvalue weighted by Crippen LogP contribution is -2.22. The summed E-state index contributed by atoms with van der Waals surface area (Å²) in [7, 11) is 0. The van der Waals surface area contributed by atoms with Crippen molar-refractivity contribution < 1.29 is 17.7 Å². The standard InChI is InChI=1S/C9H14F3N3O/c1-5(6(2)13)8-14-7(15-16-8)3-4-9(10,11)12/h5-6H,3-4,13H2,1-2H3.